The summed E-state index contributed by atoms with van der Waals surface area (Å²) in [7, 11) is 0. The number of nitrogens with two attached hydrogens (primary N) is 1. The van der Waals surface area contributed by atoms with Crippen LogP contribution < -0.4 is 5.73 Å². The van der Waals surface area contributed by atoms with Gasteiger partial charge in [0.05, 0.1) is 18.8 Å². The molecule has 0 saturated heterocycles. The van der Waals surface area contributed by atoms with Crippen molar-refractivity contribution in [3.8, 4) is 0 Å². The third kappa shape index (κ3) is 2.56. The predicted octanol–water partition coefficient (Wildman–Crippen LogP) is 0.947. The highest BCUT2D eigenvalue weighted by molar-refractivity contribution is 5.22. The van der Waals surface area contributed by atoms with Crippen molar-refractivity contribution in [3.05, 3.63) is 11.1 Å². The van der Waals surface area contributed by atoms with Crippen molar-refractivity contribution in [2.45, 2.75) is 51.2 Å². The van der Waals surface area contributed by atoms with Crippen LogP contribution in [0.25, 0.3) is 0 Å². The summed E-state index contributed by atoms with van der Waals surface area (Å²) in [5, 5.41) is 18.8. The SMILES string of the molecule is CCC1=C(C(O)C(N)CO)CCCC1. The highest BCUT2D eigenvalue weighted by Gasteiger charge is 2.22. The van der Waals surface area contributed by atoms with Crippen LogP contribution in [0.5, 0.6) is 0 Å². The van der Waals surface area contributed by atoms with Gasteiger partial charge in [0.1, 0.15) is 0 Å². The molecule has 0 aliphatic heterocycles. The Morgan fingerprint density at radius 2 is 2.00 bits per heavy atom. The van der Waals surface area contributed by atoms with Crippen molar-refractivity contribution in [3.63, 3.8) is 0 Å². The molecule has 0 amide bonds. The zero-order chi connectivity index (χ0) is 10.6. The van der Waals surface area contributed by atoms with Crippen LogP contribution in [-0.2, 0) is 0 Å². The molecule has 0 saturated carbocycles. The summed E-state index contributed by atoms with van der Waals surface area (Å²) < 4.78 is 0. The molecule has 0 spiro atoms. The summed E-state index contributed by atoms with van der Waals surface area (Å²) in [6.07, 6.45) is 4.72. The van der Waals surface area contributed by atoms with E-state index in [4.69, 9.17) is 10.8 Å². The molecule has 1 aliphatic carbocycles. The molecule has 0 radical (unpaired) electrons. The Balaban J connectivity index is 2.75. The van der Waals surface area contributed by atoms with E-state index in [1.54, 1.807) is 0 Å². The maximum absolute atomic E-state index is 9.90. The maximum Gasteiger partial charge on any atom is 0.0926 e. The van der Waals surface area contributed by atoms with Gasteiger partial charge in [-0.3, -0.25) is 0 Å². The number of aliphatic hydroxyl groups excluding tert-OH is 2. The molecule has 0 aromatic carbocycles. The monoisotopic (exact) mass is 199 g/mol. The fourth-order valence-corrected chi connectivity index (χ4v) is 2.11. The summed E-state index contributed by atoms with van der Waals surface area (Å²) >= 11 is 0. The second kappa shape index (κ2) is 5.49. The van der Waals surface area contributed by atoms with Crippen molar-refractivity contribution in [1.82, 2.24) is 0 Å². The molecule has 3 nitrogen and oxygen atoms in total. The van der Waals surface area contributed by atoms with Gasteiger partial charge in [0, 0.05) is 0 Å². The van der Waals surface area contributed by atoms with Crippen molar-refractivity contribution < 1.29 is 10.2 Å². The normalized spacial score (nSPS) is 22.3. The topological polar surface area (TPSA) is 66.5 Å². The Kier molecular flexibility index (Phi) is 4.58. The molecule has 14 heavy (non-hydrogen) atoms. The van der Waals surface area contributed by atoms with Crippen LogP contribution in [0, 0.1) is 0 Å². The van der Waals surface area contributed by atoms with Gasteiger partial charge in [-0.15, -0.1) is 0 Å². The Labute approximate surface area is 85.6 Å². The average Bonchev–Trinajstić information content (AvgIpc) is 2.26. The second-order valence-electron chi connectivity index (χ2n) is 3.98. The van der Waals surface area contributed by atoms with Gasteiger partial charge in [-0.25, -0.2) is 0 Å². The first-order valence-electron chi connectivity index (χ1n) is 5.46. The van der Waals surface area contributed by atoms with E-state index in [0.717, 1.165) is 31.3 Å². The highest BCUT2D eigenvalue weighted by atomic mass is 16.3. The minimum atomic E-state index is -0.643. The summed E-state index contributed by atoms with van der Waals surface area (Å²) in [6.45, 7) is 1.96. The minimum absolute atomic E-state index is 0.151. The van der Waals surface area contributed by atoms with E-state index in [-0.39, 0.29) is 6.61 Å². The van der Waals surface area contributed by atoms with Crippen LogP contribution in [-0.4, -0.2) is 29.0 Å². The van der Waals surface area contributed by atoms with Crippen molar-refractivity contribution in [2.24, 2.45) is 5.73 Å². The lowest BCUT2D eigenvalue weighted by molar-refractivity contribution is 0.130. The molecule has 82 valence electrons. The highest BCUT2D eigenvalue weighted by Crippen LogP contribution is 2.29. The van der Waals surface area contributed by atoms with Crippen molar-refractivity contribution in [1.29, 1.82) is 0 Å². The standard InChI is InChI=1S/C11H21NO2/c1-2-8-5-3-4-6-9(8)11(14)10(12)7-13/h10-11,13-14H,2-7,12H2,1H3. The molecule has 0 bridgehead atoms. The van der Waals surface area contributed by atoms with E-state index in [1.807, 2.05) is 0 Å². The van der Waals surface area contributed by atoms with Crippen LogP contribution in [0.4, 0.5) is 0 Å². The van der Waals surface area contributed by atoms with Crippen LogP contribution in [0.1, 0.15) is 39.0 Å². The van der Waals surface area contributed by atoms with Gasteiger partial charge in [-0.1, -0.05) is 12.5 Å². The van der Waals surface area contributed by atoms with Crippen LogP contribution in [0.3, 0.4) is 0 Å². The maximum atomic E-state index is 9.90. The van der Waals surface area contributed by atoms with Gasteiger partial charge in [0.25, 0.3) is 0 Å². The van der Waals surface area contributed by atoms with Crippen LogP contribution >= 0.6 is 0 Å². The van der Waals surface area contributed by atoms with E-state index in [1.165, 1.54) is 12.0 Å². The van der Waals surface area contributed by atoms with Gasteiger partial charge in [-0.05, 0) is 37.7 Å². The van der Waals surface area contributed by atoms with Gasteiger partial charge < -0.3 is 15.9 Å². The Morgan fingerprint density at radius 3 is 2.57 bits per heavy atom. The zero-order valence-corrected chi connectivity index (χ0v) is 8.87. The molecular weight excluding hydrogens is 178 g/mol. The quantitative estimate of drug-likeness (QED) is 0.590. The molecule has 0 aromatic rings. The van der Waals surface area contributed by atoms with Gasteiger partial charge >= 0.3 is 0 Å². The number of allylic oxidation sites excluding steroid dienone is 1. The summed E-state index contributed by atoms with van der Waals surface area (Å²) in [5.41, 5.74) is 8.05. The third-order valence-corrected chi connectivity index (χ3v) is 3.03. The van der Waals surface area contributed by atoms with Crippen LogP contribution in [0.2, 0.25) is 0 Å². The molecule has 4 N–H and O–H groups in total. The Morgan fingerprint density at radius 1 is 1.36 bits per heavy atom. The third-order valence-electron chi connectivity index (χ3n) is 3.03. The first-order chi connectivity index (χ1) is 6.70. The van der Waals surface area contributed by atoms with Crippen LogP contribution in [0.15, 0.2) is 11.1 Å². The number of hydrogen-bond donors (Lipinski definition) is 3. The predicted molar refractivity (Wildman–Crippen MR) is 56.9 cm³/mol. The van der Waals surface area contributed by atoms with Gasteiger partial charge in [0.15, 0.2) is 0 Å². The van der Waals surface area contributed by atoms with E-state index in [0.29, 0.717) is 0 Å². The molecule has 0 aromatic heterocycles. The van der Waals surface area contributed by atoms with E-state index >= 15 is 0 Å². The first kappa shape index (κ1) is 11.7. The van der Waals surface area contributed by atoms with Crippen molar-refractivity contribution >= 4 is 0 Å². The Hall–Kier alpha value is -0.380. The Bertz CT molecular complexity index is 213. The molecule has 1 aliphatic rings. The fourth-order valence-electron chi connectivity index (χ4n) is 2.11. The van der Waals surface area contributed by atoms with Gasteiger partial charge in [0.2, 0.25) is 0 Å². The molecule has 3 heteroatoms. The van der Waals surface area contributed by atoms with Crippen molar-refractivity contribution in [2.75, 3.05) is 6.61 Å². The van der Waals surface area contributed by atoms with E-state index in [2.05, 4.69) is 6.92 Å². The minimum Gasteiger partial charge on any atom is -0.395 e. The summed E-state index contributed by atoms with van der Waals surface area (Å²) in [6, 6.07) is -0.523. The number of hydrogen-bond acceptors (Lipinski definition) is 3. The first-order valence-corrected chi connectivity index (χ1v) is 5.46. The van der Waals surface area contributed by atoms with E-state index in [9.17, 15) is 5.11 Å². The number of aliphatic hydroxyl groups is 2. The fraction of sp³-hybridized carbons (Fsp3) is 0.818. The average molecular weight is 199 g/mol. The molecular formula is C11H21NO2. The smallest absolute Gasteiger partial charge is 0.0926 e. The lowest BCUT2D eigenvalue weighted by Gasteiger charge is -2.26. The molecule has 0 fully saturated rings. The van der Waals surface area contributed by atoms with Gasteiger partial charge in [-0.2, -0.15) is 0 Å². The molecule has 2 unspecified atom stereocenters. The molecule has 2 atom stereocenters. The largest absolute Gasteiger partial charge is 0.395 e. The summed E-state index contributed by atoms with van der Waals surface area (Å²) in [5.74, 6) is 0. The summed E-state index contributed by atoms with van der Waals surface area (Å²) in [4.78, 5) is 0. The number of rotatable bonds is 4. The lowest BCUT2D eigenvalue weighted by Crippen LogP contribution is -2.39. The zero-order valence-electron chi connectivity index (χ0n) is 8.87. The lowest BCUT2D eigenvalue weighted by atomic mass is 9.85. The molecule has 0 heterocycles. The van der Waals surface area contributed by atoms with E-state index < -0.39 is 12.1 Å². The molecule has 1 rings (SSSR count). The second-order valence-corrected chi connectivity index (χ2v) is 3.98.